The van der Waals surface area contributed by atoms with Crippen molar-refractivity contribution < 1.29 is 14.4 Å². The van der Waals surface area contributed by atoms with Gasteiger partial charge in [0, 0.05) is 13.2 Å². The molecule has 2 rings (SSSR count). The minimum Gasteiger partial charge on any atom is -0.381 e. The Morgan fingerprint density at radius 2 is 2.23 bits per heavy atom. The minimum atomic E-state index is 0.0399. The molecule has 1 atom stereocenters. The fourth-order valence-corrected chi connectivity index (χ4v) is 1.70. The van der Waals surface area contributed by atoms with Crippen molar-refractivity contribution in [2.45, 2.75) is 19.3 Å². The van der Waals surface area contributed by atoms with Crippen LogP contribution in [0.15, 0.2) is 0 Å². The maximum Gasteiger partial charge on any atom is 0.251 e. The van der Waals surface area contributed by atoms with Crippen molar-refractivity contribution >= 4 is 5.91 Å². The lowest BCUT2D eigenvalue weighted by Gasteiger charge is -2.27. The Morgan fingerprint density at radius 1 is 1.31 bits per heavy atom. The summed E-state index contributed by atoms with van der Waals surface area (Å²) < 4.78 is 5.17. The van der Waals surface area contributed by atoms with Crippen molar-refractivity contribution in [3.63, 3.8) is 0 Å². The standard InChI is InChI=1S/C9H15NO3/c11-9(8-3-6-12-7-8)10-4-1-2-5-13-10/h8H,1-7H2. The summed E-state index contributed by atoms with van der Waals surface area (Å²) in [6, 6.07) is 0. The lowest BCUT2D eigenvalue weighted by molar-refractivity contribution is -0.201. The van der Waals surface area contributed by atoms with E-state index in [1.54, 1.807) is 0 Å². The highest BCUT2D eigenvalue weighted by molar-refractivity contribution is 5.78. The number of carbonyl (C=O) groups excluding carboxylic acids is 1. The zero-order valence-corrected chi connectivity index (χ0v) is 7.70. The quantitative estimate of drug-likeness (QED) is 0.599. The van der Waals surface area contributed by atoms with Crippen LogP contribution in [0.4, 0.5) is 0 Å². The topological polar surface area (TPSA) is 38.8 Å². The summed E-state index contributed by atoms with van der Waals surface area (Å²) >= 11 is 0. The average molecular weight is 185 g/mol. The molecule has 74 valence electrons. The third kappa shape index (κ3) is 2.00. The molecule has 0 spiro atoms. The van der Waals surface area contributed by atoms with Crippen LogP contribution in [-0.2, 0) is 14.4 Å². The molecule has 0 N–H and O–H groups in total. The largest absolute Gasteiger partial charge is 0.381 e. The molecule has 0 saturated carbocycles. The van der Waals surface area contributed by atoms with Crippen molar-refractivity contribution in [2.75, 3.05) is 26.4 Å². The van der Waals surface area contributed by atoms with Gasteiger partial charge in [-0.1, -0.05) is 0 Å². The molecule has 0 aromatic heterocycles. The van der Waals surface area contributed by atoms with Gasteiger partial charge in [0.2, 0.25) is 0 Å². The van der Waals surface area contributed by atoms with Gasteiger partial charge >= 0.3 is 0 Å². The van der Waals surface area contributed by atoms with Gasteiger partial charge in [0.05, 0.1) is 19.1 Å². The molecule has 0 bridgehead atoms. The summed E-state index contributed by atoms with van der Waals surface area (Å²) in [4.78, 5) is 17.0. The first-order chi connectivity index (χ1) is 6.38. The van der Waals surface area contributed by atoms with E-state index in [-0.39, 0.29) is 11.8 Å². The van der Waals surface area contributed by atoms with Gasteiger partial charge in [-0.05, 0) is 19.3 Å². The molecule has 2 heterocycles. The Labute approximate surface area is 77.7 Å². The maximum absolute atomic E-state index is 11.7. The van der Waals surface area contributed by atoms with E-state index in [9.17, 15) is 4.79 Å². The van der Waals surface area contributed by atoms with Gasteiger partial charge in [0.25, 0.3) is 5.91 Å². The molecule has 2 fully saturated rings. The third-order valence-corrected chi connectivity index (χ3v) is 2.53. The van der Waals surface area contributed by atoms with E-state index >= 15 is 0 Å². The Hall–Kier alpha value is -0.610. The second kappa shape index (κ2) is 4.07. The Kier molecular flexibility index (Phi) is 2.80. The summed E-state index contributed by atoms with van der Waals surface area (Å²) in [5, 5.41) is 1.52. The lowest BCUT2D eigenvalue weighted by Crippen LogP contribution is -2.39. The van der Waals surface area contributed by atoms with Crippen LogP contribution in [0, 0.1) is 5.92 Å². The number of nitrogens with zero attached hydrogens (tertiary/aromatic N) is 1. The predicted molar refractivity (Wildman–Crippen MR) is 45.8 cm³/mol. The van der Waals surface area contributed by atoms with Gasteiger partial charge < -0.3 is 4.74 Å². The van der Waals surface area contributed by atoms with E-state index in [4.69, 9.17) is 9.57 Å². The molecule has 0 aromatic carbocycles. The summed E-state index contributed by atoms with van der Waals surface area (Å²) in [6.45, 7) is 2.71. The van der Waals surface area contributed by atoms with Crippen molar-refractivity contribution in [3.8, 4) is 0 Å². The van der Waals surface area contributed by atoms with Crippen LogP contribution in [0.3, 0.4) is 0 Å². The van der Waals surface area contributed by atoms with Crippen molar-refractivity contribution in [1.29, 1.82) is 0 Å². The lowest BCUT2D eigenvalue weighted by atomic mass is 10.1. The Balaban J connectivity index is 1.87. The highest BCUT2D eigenvalue weighted by Crippen LogP contribution is 2.17. The van der Waals surface area contributed by atoms with Crippen LogP contribution < -0.4 is 0 Å². The molecule has 2 aliphatic heterocycles. The molecule has 4 heteroatoms. The monoisotopic (exact) mass is 185 g/mol. The number of carbonyl (C=O) groups is 1. The third-order valence-electron chi connectivity index (χ3n) is 2.53. The molecule has 0 aromatic rings. The Morgan fingerprint density at radius 3 is 2.85 bits per heavy atom. The smallest absolute Gasteiger partial charge is 0.251 e. The fourth-order valence-electron chi connectivity index (χ4n) is 1.70. The van der Waals surface area contributed by atoms with Crippen molar-refractivity contribution in [1.82, 2.24) is 5.06 Å². The van der Waals surface area contributed by atoms with E-state index in [1.807, 2.05) is 0 Å². The van der Waals surface area contributed by atoms with E-state index in [1.165, 1.54) is 5.06 Å². The van der Waals surface area contributed by atoms with Gasteiger partial charge in [-0.3, -0.25) is 9.63 Å². The first-order valence-electron chi connectivity index (χ1n) is 4.90. The summed E-state index contributed by atoms with van der Waals surface area (Å²) in [6.07, 6.45) is 2.96. The first kappa shape index (κ1) is 8.97. The average Bonchev–Trinajstić information content (AvgIpc) is 2.71. The maximum atomic E-state index is 11.7. The van der Waals surface area contributed by atoms with Gasteiger partial charge in [0.1, 0.15) is 0 Å². The second-order valence-electron chi connectivity index (χ2n) is 3.54. The molecule has 1 unspecified atom stereocenters. The summed E-state index contributed by atoms with van der Waals surface area (Å²) in [7, 11) is 0. The zero-order valence-electron chi connectivity index (χ0n) is 7.70. The Bertz CT molecular complexity index is 183. The van der Waals surface area contributed by atoms with Gasteiger partial charge in [-0.2, -0.15) is 0 Å². The molecule has 13 heavy (non-hydrogen) atoms. The van der Waals surface area contributed by atoms with Gasteiger partial charge in [-0.15, -0.1) is 0 Å². The molecular weight excluding hydrogens is 170 g/mol. The molecule has 0 aliphatic carbocycles. The number of rotatable bonds is 1. The van der Waals surface area contributed by atoms with Crippen LogP contribution in [0.5, 0.6) is 0 Å². The van der Waals surface area contributed by atoms with Crippen LogP contribution >= 0.6 is 0 Å². The van der Waals surface area contributed by atoms with Crippen LogP contribution in [0.25, 0.3) is 0 Å². The van der Waals surface area contributed by atoms with Crippen LogP contribution in [0.2, 0.25) is 0 Å². The second-order valence-corrected chi connectivity index (χ2v) is 3.54. The SMILES string of the molecule is O=C(C1CCOC1)N1CCCCO1. The molecule has 2 aliphatic rings. The van der Waals surface area contributed by atoms with E-state index in [2.05, 4.69) is 0 Å². The molecular formula is C9H15NO3. The number of hydrogen-bond acceptors (Lipinski definition) is 3. The minimum absolute atomic E-state index is 0.0399. The summed E-state index contributed by atoms with van der Waals surface area (Å²) in [5.41, 5.74) is 0. The zero-order chi connectivity index (χ0) is 9.10. The van der Waals surface area contributed by atoms with Crippen LogP contribution in [-0.4, -0.2) is 37.3 Å². The van der Waals surface area contributed by atoms with E-state index < -0.39 is 0 Å². The van der Waals surface area contributed by atoms with Crippen molar-refractivity contribution in [3.05, 3.63) is 0 Å². The van der Waals surface area contributed by atoms with E-state index in [0.29, 0.717) is 19.8 Å². The number of hydroxylamine groups is 2. The molecule has 0 radical (unpaired) electrons. The van der Waals surface area contributed by atoms with Crippen LogP contribution in [0.1, 0.15) is 19.3 Å². The highest BCUT2D eigenvalue weighted by Gasteiger charge is 2.29. The van der Waals surface area contributed by atoms with Gasteiger partial charge in [0.15, 0.2) is 0 Å². The number of ether oxygens (including phenoxy) is 1. The van der Waals surface area contributed by atoms with E-state index in [0.717, 1.165) is 25.8 Å². The highest BCUT2D eigenvalue weighted by atomic mass is 16.7. The predicted octanol–water partition coefficient (Wildman–Crippen LogP) is 0.577. The molecule has 2 saturated heterocycles. The first-order valence-corrected chi connectivity index (χ1v) is 4.90. The van der Waals surface area contributed by atoms with Gasteiger partial charge in [-0.25, -0.2) is 5.06 Å². The normalized spacial score (nSPS) is 29.2. The fraction of sp³-hybridized carbons (Fsp3) is 0.889. The summed E-state index contributed by atoms with van der Waals surface area (Å²) in [5.74, 6) is 0.148. The number of hydrogen-bond donors (Lipinski definition) is 0. The molecule has 1 amide bonds. The number of amides is 1. The van der Waals surface area contributed by atoms with Crippen molar-refractivity contribution in [2.24, 2.45) is 5.92 Å². The molecule has 4 nitrogen and oxygen atoms in total.